The van der Waals surface area contributed by atoms with Gasteiger partial charge in [-0.05, 0) is 6.16 Å². The van der Waals surface area contributed by atoms with Crippen molar-refractivity contribution in [3.8, 4) is 0 Å². The van der Waals surface area contributed by atoms with Crippen LogP contribution in [0.15, 0.2) is 0 Å². The van der Waals surface area contributed by atoms with Crippen LogP contribution in [0, 0.1) is 35.6 Å². The van der Waals surface area contributed by atoms with Crippen molar-refractivity contribution in [2.75, 3.05) is 0 Å². The molecular weight excluding hydrogens is 279 g/mol. The van der Waals surface area contributed by atoms with Crippen LogP contribution in [0.2, 0.25) is 0 Å². The van der Waals surface area contributed by atoms with Gasteiger partial charge in [-0.25, -0.2) is 0 Å². The Hall–Kier alpha value is 0.265. The molecule has 0 fully saturated rings. The third kappa shape index (κ3) is 6220. The molecule has 0 saturated carbocycles. The Balaban J connectivity index is -0.00000000300. The molecule has 0 atom stereocenters. The minimum atomic E-state index is -2.33. The van der Waals surface area contributed by atoms with Gasteiger partial charge in [0.2, 0.25) is 0 Å². The zero-order valence-corrected chi connectivity index (χ0v) is 8.43. The van der Waals surface area contributed by atoms with Crippen molar-refractivity contribution in [3.05, 3.63) is 0 Å². The molecule has 0 aliphatic heterocycles. The second-order valence-corrected chi connectivity index (χ2v) is 0.250. The van der Waals surface area contributed by atoms with Crippen LogP contribution in [0.4, 0.5) is 4.79 Å². The fourth-order valence-electron chi connectivity index (χ4n) is 0. The molecular formula is CH10LaO8-2. The topological polar surface area (TPSA) is 221 Å². The van der Waals surface area contributed by atoms with E-state index in [-0.39, 0.29) is 63.0 Å². The van der Waals surface area contributed by atoms with E-state index < -0.39 is 6.16 Å². The second-order valence-electron chi connectivity index (χ2n) is 0.250. The van der Waals surface area contributed by atoms with Crippen LogP contribution in [0.1, 0.15) is 0 Å². The summed E-state index contributed by atoms with van der Waals surface area (Å²) < 4.78 is 0. The van der Waals surface area contributed by atoms with Gasteiger partial charge in [0.15, 0.2) is 0 Å². The van der Waals surface area contributed by atoms with E-state index in [0.29, 0.717) is 0 Å². The number of carbonyl (C=O) groups is 1. The van der Waals surface area contributed by atoms with Crippen LogP contribution in [-0.4, -0.2) is 33.5 Å². The third-order valence-corrected chi connectivity index (χ3v) is 0. The van der Waals surface area contributed by atoms with Crippen molar-refractivity contribution in [2.45, 2.75) is 0 Å². The van der Waals surface area contributed by atoms with Gasteiger partial charge in [-0.1, -0.05) is 0 Å². The molecule has 0 amide bonds. The van der Waals surface area contributed by atoms with Gasteiger partial charge < -0.3 is 42.4 Å². The Labute approximate surface area is 84.0 Å². The zero-order valence-electron chi connectivity index (χ0n) is 4.80. The Kier molecular flexibility index (Phi) is 491. The number of rotatable bonds is 0. The first-order chi connectivity index (χ1) is 1.73. The zero-order chi connectivity index (χ0) is 3.58. The maximum atomic E-state index is 8.33. The molecule has 10 N–H and O–H groups in total. The second kappa shape index (κ2) is 59.4. The first-order valence-electron chi connectivity index (χ1n) is 0.612. The molecule has 10 heavy (non-hydrogen) atoms. The summed E-state index contributed by atoms with van der Waals surface area (Å²) in [4.78, 5) is 8.33. The largest absolute Gasteiger partial charge is 0.652 e. The molecule has 67 valence electrons. The molecule has 0 bridgehead atoms. The summed E-state index contributed by atoms with van der Waals surface area (Å²) in [5.41, 5.74) is 0. The summed E-state index contributed by atoms with van der Waals surface area (Å²) in [5.74, 6) is 0. The van der Waals surface area contributed by atoms with Gasteiger partial charge in [-0.2, -0.15) is 0 Å². The van der Waals surface area contributed by atoms with Gasteiger partial charge in [0.1, 0.15) is 0 Å². The predicted octanol–water partition coefficient (Wildman–Crippen LogP) is -6.57. The van der Waals surface area contributed by atoms with Gasteiger partial charge in [0, 0.05) is 35.6 Å². The molecule has 0 aromatic heterocycles. The summed E-state index contributed by atoms with van der Waals surface area (Å²) in [7, 11) is 0. The van der Waals surface area contributed by atoms with Crippen molar-refractivity contribution in [2.24, 2.45) is 0 Å². The number of carboxylic acid groups (broad SMARTS) is 2. The van der Waals surface area contributed by atoms with Gasteiger partial charge in [0.25, 0.3) is 0 Å². The maximum absolute atomic E-state index is 8.33. The standard InChI is InChI=1S/CH2O3.La.5H2O/c2-1(3)4;;;;;;/h(H2,2,3,4);;5*1H2/p-2. The van der Waals surface area contributed by atoms with E-state index in [1.165, 1.54) is 0 Å². The normalized spacial score (nSPS) is 2.40. The molecule has 0 spiro atoms. The van der Waals surface area contributed by atoms with Gasteiger partial charge in [-0.15, -0.1) is 0 Å². The predicted molar refractivity (Wildman–Crippen MR) is 23.5 cm³/mol. The first-order valence-corrected chi connectivity index (χ1v) is 0.612. The molecule has 0 aromatic carbocycles. The molecule has 0 aliphatic carbocycles. The molecule has 1 radical (unpaired) electrons. The van der Waals surface area contributed by atoms with Crippen molar-refractivity contribution in [1.29, 1.82) is 0 Å². The quantitative estimate of drug-likeness (QED) is 0.424. The van der Waals surface area contributed by atoms with E-state index in [2.05, 4.69) is 0 Å². The molecule has 0 unspecified atom stereocenters. The van der Waals surface area contributed by atoms with E-state index in [9.17, 15) is 0 Å². The summed E-state index contributed by atoms with van der Waals surface area (Å²) >= 11 is 0. The van der Waals surface area contributed by atoms with Crippen LogP contribution in [-0.2, 0) is 0 Å². The van der Waals surface area contributed by atoms with E-state index in [1.807, 2.05) is 0 Å². The maximum Gasteiger partial charge on any atom is 0 e. The molecule has 0 saturated heterocycles. The average Bonchev–Trinajstić information content (AvgIpc) is 0.811. The number of hydrogen-bond donors (Lipinski definition) is 0. The van der Waals surface area contributed by atoms with Gasteiger partial charge >= 0.3 is 0 Å². The van der Waals surface area contributed by atoms with E-state index in [1.54, 1.807) is 0 Å². The van der Waals surface area contributed by atoms with Crippen molar-refractivity contribution >= 4 is 6.16 Å². The van der Waals surface area contributed by atoms with Gasteiger partial charge in [-0.3, -0.25) is 0 Å². The fraction of sp³-hybridized carbons (Fsp3) is 0. The molecule has 9 heteroatoms. The van der Waals surface area contributed by atoms with Crippen molar-refractivity contribution in [1.82, 2.24) is 0 Å². The van der Waals surface area contributed by atoms with E-state index in [0.717, 1.165) is 0 Å². The Morgan fingerprint density at radius 2 is 0.800 bits per heavy atom. The first kappa shape index (κ1) is 82.7. The van der Waals surface area contributed by atoms with Crippen LogP contribution in [0.3, 0.4) is 0 Å². The summed E-state index contributed by atoms with van der Waals surface area (Å²) in [6, 6.07) is 0. The Morgan fingerprint density at radius 1 is 0.800 bits per heavy atom. The van der Waals surface area contributed by atoms with Gasteiger partial charge in [0.05, 0.1) is 0 Å². The summed E-state index contributed by atoms with van der Waals surface area (Å²) in [6.07, 6.45) is -2.33. The fourth-order valence-corrected chi connectivity index (χ4v) is 0. The van der Waals surface area contributed by atoms with Crippen molar-refractivity contribution in [3.63, 3.8) is 0 Å². The minimum absolute atomic E-state index is 0. The van der Waals surface area contributed by atoms with Crippen molar-refractivity contribution < 1.29 is 78.0 Å². The molecule has 8 nitrogen and oxygen atoms in total. The minimum Gasteiger partial charge on any atom is -0.652 e. The SMILES string of the molecule is O.O.O.O.O.O=C([O-])[O-].[La]. The average molecular weight is 289 g/mol. The van der Waals surface area contributed by atoms with E-state index in [4.69, 9.17) is 15.0 Å². The third-order valence-electron chi connectivity index (χ3n) is 0. The Morgan fingerprint density at radius 3 is 0.800 bits per heavy atom. The van der Waals surface area contributed by atoms with Crippen LogP contribution in [0.5, 0.6) is 0 Å². The molecule has 0 aliphatic rings. The van der Waals surface area contributed by atoms with Crippen LogP contribution in [0.25, 0.3) is 0 Å². The number of hydrogen-bond acceptors (Lipinski definition) is 3. The molecule has 0 rings (SSSR count). The van der Waals surface area contributed by atoms with E-state index >= 15 is 0 Å². The smallest absolute Gasteiger partial charge is 0 e. The summed E-state index contributed by atoms with van der Waals surface area (Å²) in [5, 5.41) is 16.7. The summed E-state index contributed by atoms with van der Waals surface area (Å²) in [6.45, 7) is 0. The molecule has 0 aromatic rings. The molecule has 0 heterocycles. The number of carbonyl (C=O) groups excluding carboxylic acids is 1. The monoisotopic (exact) mass is 289 g/mol. The Bertz CT molecular complexity index is 32.2. The van der Waals surface area contributed by atoms with Crippen LogP contribution < -0.4 is 10.2 Å². The van der Waals surface area contributed by atoms with Crippen LogP contribution >= 0.6 is 0 Å².